The van der Waals surface area contributed by atoms with Crippen molar-refractivity contribution >= 4 is 5.82 Å². The van der Waals surface area contributed by atoms with E-state index in [1.165, 1.54) is 0 Å². The normalized spacial score (nSPS) is 18.2. The molecule has 1 saturated heterocycles. The van der Waals surface area contributed by atoms with E-state index in [1.807, 2.05) is 18.5 Å². The summed E-state index contributed by atoms with van der Waals surface area (Å²) < 4.78 is 7.84. The van der Waals surface area contributed by atoms with Gasteiger partial charge in [0.15, 0.2) is 0 Å². The van der Waals surface area contributed by atoms with Crippen LogP contribution in [0.2, 0.25) is 0 Å². The zero-order valence-corrected chi connectivity index (χ0v) is 12.9. The highest BCUT2D eigenvalue weighted by molar-refractivity contribution is 5.53. The molecule has 1 aliphatic heterocycles. The molecular formula is C16H19N5O. The first kappa shape index (κ1) is 14.5. The van der Waals surface area contributed by atoms with E-state index in [9.17, 15) is 5.26 Å². The molecule has 3 heterocycles. The lowest BCUT2D eigenvalue weighted by molar-refractivity contribution is 0.0267. The summed E-state index contributed by atoms with van der Waals surface area (Å²) in [5.74, 6) is 0.742. The van der Waals surface area contributed by atoms with Crippen molar-refractivity contribution in [1.82, 2.24) is 14.8 Å². The molecule has 0 spiro atoms. The molecular weight excluding hydrogens is 278 g/mol. The number of anilines is 1. The number of rotatable bonds is 3. The molecule has 6 nitrogen and oxygen atoms in total. The van der Waals surface area contributed by atoms with Crippen molar-refractivity contribution in [2.75, 3.05) is 24.6 Å². The lowest BCUT2D eigenvalue weighted by Crippen LogP contribution is -2.45. The van der Waals surface area contributed by atoms with Crippen molar-refractivity contribution in [1.29, 1.82) is 5.26 Å². The zero-order valence-electron chi connectivity index (χ0n) is 12.9. The van der Waals surface area contributed by atoms with Crippen molar-refractivity contribution in [3.05, 3.63) is 41.3 Å². The average molecular weight is 297 g/mol. The molecule has 0 unspecified atom stereocenters. The van der Waals surface area contributed by atoms with Gasteiger partial charge >= 0.3 is 0 Å². The van der Waals surface area contributed by atoms with Gasteiger partial charge in [-0.15, -0.1) is 0 Å². The molecule has 1 aliphatic rings. The topological polar surface area (TPSA) is 67.0 Å². The lowest BCUT2D eigenvalue weighted by Gasteiger charge is -2.34. The van der Waals surface area contributed by atoms with E-state index in [0.29, 0.717) is 25.3 Å². The number of morpholine rings is 1. The van der Waals surface area contributed by atoms with Crippen LogP contribution in [0, 0.1) is 25.2 Å². The van der Waals surface area contributed by atoms with Gasteiger partial charge in [-0.1, -0.05) is 0 Å². The van der Waals surface area contributed by atoms with E-state index >= 15 is 0 Å². The molecule has 0 N–H and O–H groups in total. The van der Waals surface area contributed by atoms with Crippen LogP contribution >= 0.6 is 0 Å². The number of hydrogen-bond donors (Lipinski definition) is 0. The molecule has 0 saturated carbocycles. The molecule has 2 aromatic heterocycles. The molecule has 0 aromatic carbocycles. The molecule has 22 heavy (non-hydrogen) atoms. The Morgan fingerprint density at radius 3 is 3.05 bits per heavy atom. The SMILES string of the molecule is Cc1cc(C)n(C[C@@H]2CN(c3ncccc3C#N)CCO2)n1. The van der Waals surface area contributed by atoms with Gasteiger partial charge in [-0.3, -0.25) is 4.68 Å². The van der Waals surface area contributed by atoms with Crippen molar-refractivity contribution in [3.63, 3.8) is 0 Å². The molecule has 0 aliphatic carbocycles. The number of aromatic nitrogens is 3. The lowest BCUT2D eigenvalue weighted by atomic mass is 10.2. The maximum absolute atomic E-state index is 9.23. The first-order valence-corrected chi connectivity index (χ1v) is 7.40. The zero-order chi connectivity index (χ0) is 15.5. The van der Waals surface area contributed by atoms with Crippen LogP contribution in [0.5, 0.6) is 0 Å². The smallest absolute Gasteiger partial charge is 0.146 e. The van der Waals surface area contributed by atoms with E-state index in [-0.39, 0.29) is 6.10 Å². The Bertz CT molecular complexity index is 703. The minimum atomic E-state index is 0.0419. The Hall–Kier alpha value is -2.39. The van der Waals surface area contributed by atoms with Crippen molar-refractivity contribution < 1.29 is 4.74 Å². The van der Waals surface area contributed by atoms with Gasteiger partial charge in [0.05, 0.1) is 30.5 Å². The maximum Gasteiger partial charge on any atom is 0.146 e. The Labute approximate surface area is 129 Å². The average Bonchev–Trinajstić information content (AvgIpc) is 2.85. The minimum absolute atomic E-state index is 0.0419. The Morgan fingerprint density at radius 2 is 2.32 bits per heavy atom. The van der Waals surface area contributed by atoms with Gasteiger partial charge in [0, 0.05) is 25.0 Å². The summed E-state index contributed by atoms with van der Waals surface area (Å²) in [7, 11) is 0. The molecule has 1 atom stereocenters. The highest BCUT2D eigenvalue weighted by atomic mass is 16.5. The highest BCUT2D eigenvalue weighted by Gasteiger charge is 2.24. The highest BCUT2D eigenvalue weighted by Crippen LogP contribution is 2.20. The first-order valence-electron chi connectivity index (χ1n) is 7.40. The molecule has 3 rings (SSSR count). The van der Waals surface area contributed by atoms with Gasteiger partial charge in [-0.05, 0) is 32.0 Å². The van der Waals surface area contributed by atoms with Crippen LogP contribution in [-0.2, 0) is 11.3 Å². The third-order valence-corrected chi connectivity index (χ3v) is 3.83. The number of nitriles is 1. The Balaban J connectivity index is 1.74. The van der Waals surface area contributed by atoms with Gasteiger partial charge in [0.1, 0.15) is 11.9 Å². The van der Waals surface area contributed by atoms with E-state index in [1.54, 1.807) is 18.3 Å². The van der Waals surface area contributed by atoms with Crippen LogP contribution in [0.25, 0.3) is 0 Å². The summed E-state index contributed by atoms with van der Waals surface area (Å²) in [4.78, 5) is 6.49. The second-order valence-corrected chi connectivity index (χ2v) is 5.53. The third-order valence-electron chi connectivity index (χ3n) is 3.83. The largest absolute Gasteiger partial charge is 0.373 e. The number of ether oxygens (including phenoxy) is 1. The quantitative estimate of drug-likeness (QED) is 0.862. The van der Waals surface area contributed by atoms with Gasteiger partial charge in [0.2, 0.25) is 0 Å². The van der Waals surface area contributed by atoms with E-state index < -0.39 is 0 Å². The fourth-order valence-electron chi connectivity index (χ4n) is 2.81. The summed E-state index contributed by atoms with van der Waals surface area (Å²) in [6.07, 6.45) is 1.77. The summed E-state index contributed by atoms with van der Waals surface area (Å²) in [6, 6.07) is 7.86. The second-order valence-electron chi connectivity index (χ2n) is 5.53. The van der Waals surface area contributed by atoms with Crippen LogP contribution in [0.4, 0.5) is 5.82 Å². The van der Waals surface area contributed by atoms with Crippen LogP contribution in [0.3, 0.4) is 0 Å². The van der Waals surface area contributed by atoms with E-state index in [0.717, 1.165) is 23.8 Å². The van der Waals surface area contributed by atoms with Gasteiger partial charge < -0.3 is 9.64 Å². The summed E-state index contributed by atoms with van der Waals surface area (Å²) >= 11 is 0. The van der Waals surface area contributed by atoms with Gasteiger partial charge in [-0.25, -0.2) is 4.98 Å². The van der Waals surface area contributed by atoms with Crippen LogP contribution in [0.1, 0.15) is 17.0 Å². The van der Waals surface area contributed by atoms with E-state index in [4.69, 9.17) is 4.74 Å². The number of aryl methyl sites for hydroxylation is 2. The standard InChI is InChI=1S/C16H19N5O/c1-12-8-13(2)21(19-12)11-15-10-20(6-7-22-15)16-14(9-17)4-3-5-18-16/h3-5,8,15H,6-7,10-11H2,1-2H3/t15-/m0/s1. The van der Waals surface area contributed by atoms with Crippen LogP contribution in [-0.4, -0.2) is 40.6 Å². The molecule has 114 valence electrons. The minimum Gasteiger partial charge on any atom is -0.373 e. The Kier molecular flexibility index (Phi) is 4.07. The predicted octanol–water partition coefficient (Wildman–Crippen LogP) is 1.67. The van der Waals surface area contributed by atoms with Crippen LogP contribution in [0.15, 0.2) is 24.4 Å². The summed E-state index contributed by atoms with van der Waals surface area (Å²) in [5, 5.41) is 13.7. The number of nitrogens with zero attached hydrogens (tertiary/aromatic N) is 5. The number of pyridine rings is 1. The molecule has 0 amide bonds. The van der Waals surface area contributed by atoms with E-state index in [2.05, 4.69) is 27.1 Å². The molecule has 0 bridgehead atoms. The molecule has 2 aromatic rings. The third kappa shape index (κ3) is 2.95. The fraction of sp³-hybridized carbons (Fsp3) is 0.438. The Morgan fingerprint density at radius 1 is 1.45 bits per heavy atom. The van der Waals surface area contributed by atoms with Gasteiger partial charge in [-0.2, -0.15) is 10.4 Å². The fourth-order valence-corrected chi connectivity index (χ4v) is 2.81. The van der Waals surface area contributed by atoms with Gasteiger partial charge in [0.25, 0.3) is 0 Å². The predicted molar refractivity (Wildman–Crippen MR) is 82.6 cm³/mol. The first-order chi connectivity index (χ1) is 10.7. The summed E-state index contributed by atoms with van der Waals surface area (Å²) in [5.41, 5.74) is 2.75. The van der Waals surface area contributed by atoms with Crippen molar-refractivity contribution in [2.24, 2.45) is 0 Å². The number of hydrogen-bond acceptors (Lipinski definition) is 5. The molecule has 6 heteroatoms. The van der Waals surface area contributed by atoms with Crippen molar-refractivity contribution in [2.45, 2.75) is 26.5 Å². The second kappa shape index (κ2) is 6.16. The molecule has 1 fully saturated rings. The summed E-state index contributed by atoms with van der Waals surface area (Å²) in [6.45, 7) is 6.84. The molecule has 0 radical (unpaired) electrons. The van der Waals surface area contributed by atoms with Crippen molar-refractivity contribution in [3.8, 4) is 6.07 Å². The monoisotopic (exact) mass is 297 g/mol. The maximum atomic E-state index is 9.23. The van der Waals surface area contributed by atoms with Crippen LogP contribution < -0.4 is 4.90 Å².